The minimum Gasteiger partial charge on any atom is -0.317 e. The molecule has 1 saturated heterocycles. The fourth-order valence-corrected chi connectivity index (χ4v) is 3.71. The van der Waals surface area contributed by atoms with E-state index in [1.165, 1.54) is 28.2 Å². The zero-order valence-electron chi connectivity index (χ0n) is 17.0. The zero-order valence-corrected chi connectivity index (χ0v) is 17.8. The average Bonchev–Trinajstić information content (AvgIpc) is 2.74. The van der Waals surface area contributed by atoms with Crippen LogP contribution in [0.3, 0.4) is 0 Å². The number of nitrogens with one attached hydrogen (secondary N) is 1. The highest BCUT2D eigenvalue weighted by molar-refractivity contribution is 7.99. The molecule has 0 radical (unpaired) electrons. The van der Waals surface area contributed by atoms with E-state index in [0.29, 0.717) is 5.92 Å². The highest BCUT2D eigenvalue weighted by atomic mass is 32.2. The average molecular weight is 360 g/mol. The largest absolute Gasteiger partial charge is 0.317 e. The van der Waals surface area contributed by atoms with Crippen LogP contribution in [0, 0.1) is 0 Å². The molecular weight excluding hydrogens is 322 g/mol. The standard InChI is InChI=1S/C17H19NS.3C2H6/c1-2-6-15(7-3-1)19-17-9-5-4-8-16(17)14-10-12-18-13-11-14;3*1-2/h1-9,14,18H,10-13H2;3*1-2H3. The van der Waals surface area contributed by atoms with Crippen LogP contribution in [-0.4, -0.2) is 13.1 Å². The van der Waals surface area contributed by atoms with Gasteiger partial charge in [0.1, 0.15) is 0 Å². The van der Waals surface area contributed by atoms with Gasteiger partial charge >= 0.3 is 0 Å². The summed E-state index contributed by atoms with van der Waals surface area (Å²) in [6.45, 7) is 14.3. The van der Waals surface area contributed by atoms with Crippen molar-refractivity contribution in [3.05, 3.63) is 60.2 Å². The SMILES string of the molecule is CC.CC.CC.c1ccc(Sc2ccccc2C2CCNCC2)cc1. The summed E-state index contributed by atoms with van der Waals surface area (Å²) < 4.78 is 0. The third-order valence-corrected chi connectivity index (χ3v) is 4.77. The lowest BCUT2D eigenvalue weighted by molar-refractivity contribution is 0.456. The Labute approximate surface area is 160 Å². The normalized spacial score (nSPS) is 13.2. The van der Waals surface area contributed by atoms with Gasteiger partial charge < -0.3 is 5.32 Å². The highest BCUT2D eigenvalue weighted by Crippen LogP contribution is 2.36. The molecule has 0 amide bonds. The van der Waals surface area contributed by atoms with Gasteiger partial charge in [-0.05, 0) is 55.6 Å². The van der Waals surface area contributed by atoms with Gasteiger partial charge in [-0.1, -0.05) is 89.7 Å². The molecule has 140 valence electrons. The maximum Gasteiger partial charge on any atom is 0.0157 e. The van der Waals surface area contributed by atoms with Crippen molar-refractivity contribution in [2.45, 2.75) is 70.1 Å². The lowest BCUT2D eigenvalue weighted by atomic mass is 9.90. The smallest absolute Gasteiger partial charge is 0.0157 e. The van der Waals surface area contributed by atoms with Gasteiger partial charge in [-0.25, -0.2) is 0 Å². The van der Waals surface area contributed by atoms with Crippen LogP contribution >= 0.6 is 11.8 Å². The Balaban J connectivity index is 0.000000871. The van der Waals surface area contributed by atoms with E-state index in [9.17, 15) is 0 Å². The van der Waals surface area contributed by atoms with Gasteiger partial charge in [0.25, 0.3) is 0 Å². The number of piperidine rings is 1. The molecule has 0 aromatic heterocycles. The molecule has 0 spiro atoms. The lowest BCUT2D eigenvalue weighted by Gasteiger charge is -2.24. The molecule has 2 aromatic carbocycles. The van der Waals surface area contributed by atoms with Crippen molar-refractivity contribution < 1.29 is 0 Å². The summed E-state index contributed by atoms with van der Waals surface area (Å²) in [5.41, 5.74) is 1.53. The van der Waals surface area contributed by atoms with Crippen molar-refractivity contribution in [3.8, 4) is 0 Å². The summed E-state index contributed by atoms with van der Waals surface area (Å²) in [5, 5.41) is 3.45. The lowest BCUT2D eigenvalue weighted by Crippen LogP contribution is -2.26. The maximum absolute atomic E-state index is 3.45. The van der Waals surface area contributed by atoms with Crippen LogP contribution in [0.2, 0.25) is 0 Å². The molecule has 2 heteroatoms. The third-order valence-electron chi connectivity index (χ3n) is 3.67. The summed E-state index contributed by atoms with van der Waals surface area (Å²) >= 11 is 1.89. The molecule has 1 aliphatic rings. The molecule has 1 fully saturated rings. The van der Waals surface area contributed by atoms with Gasteiger partial charge in [0, 0.05) is 9.79 Å². The molecule has 1 heterocycles. The molecule has 0 atom stereocenters. The Morgan fingerprint density at radius 3 is 1.84 bits per heavy atom. The van der Waals surface area contributed by atoms with E-state index in [1.807, 2.05) is 53.3 Å². The van der Waals surface area contributed by atoms with Crippen LogP contribution in [0.5, 0.6) is 0 Å². The second-order valence-electron chi connectivity index (χ2n) is 4.98. The molecule has 25 heavy (non-hydrogen) atoms. The molecule has 0 unspecified atom stereocenters. The molecule has 2 aromatic rings. The predicted octanol–water partition coefficient (Wildman–Crippen LogP) is 7.38. The Bertz CT molecular complexity index is 519. The predicted molar refractivity (Wildman–Crippen MR) is 116 cm³/mol. The Morgan fingerprint density at radius 2 is 1.24 bits per heavy atom. The molecular formula is C23H37NS. The second-order valence-corrected chi connectivity index (χ2v) is 6.09. The van der Waals surface area contributed by atoms with Crippen LogP contribution in [0.4, 0.5) is 0 Å². The van der Waals surface area contributed by atoms with E-state index in [4.69, 9.17) is 0 Å². The Kier molecular flexibility index (Phi) is 15.4. The molecule has 3 rings (SSSR count). The first-order valence-corrected chi connectivity index (χ1v) is 10.8. The fourth-order valence-electron chi connectivity index (χ4n) is 2.66. The number of rotatable bonds is 3. The van der Waals surface area contributed by atoms with Crippen LogP contribution in [0.1, 0.15) is 65.9 Å². The van der Waals surface area contributed by atoms with E-state index in [2.05, 4.69) is 59.9 Å². The van der Waals surface area contributed by atoms with Gasteiger partial charge in [0.15, 0.2) is 0 Å². The molecule has 1 N–H and O–H groups in total. The van der Waals surface area contributed by atoms with Crippen LogP contribution in [0.25, 0.3) is 0 Å². The molecule has 0 aliphatic carbocycles. The van der Waals surface area contributed by atoms with Gasteiger partial charge in [-0.2, -0.15) is 0 Å². The minimum absolute atomic E-state index is 0.716. The van der Waals surface area contributed by atoms with Gasteiger partial charge in [0.2, 0.25) is 0 Å². The number of hydrogen-bond donors (Lipinski definition) is 1. The molecule has 1 nitrogen and oxygen atoms in total. The third kappa shape index (κ3) is 8.60. The summed E-state index contributed by atoms with van der Waals surface area (Å²) in [5.74, 6) is 0.716. The van der Waals surface area contributed by atoms with Gasteiger partial charge in [-0.15, -0.1) is 0 Å². The van der Waals surface area contributed by atoms with Gasteiger partial charge in [-0.3, -0.25) is 0 Å². The molecule has 0 bridgehead atoms. The quantitative estimate of drug-likeness (QED) is 0.613. The van der Waals surface area contributed by atoms with Crippen molar-refractivity contribution in [1.29, 1.82) is 0 Å². The van der Waals surface area contributed by atoms with Crippen molar-refractivity contribution in [3.63, 3.8) is 0 Å². The van der Waals surface area contributed by atoms with E-state index < -0.39 is 0 Å². The number of benzene rings is 2. The van der Waals surface area contributed by atoms with Crippen molar-refractivity contribution in [2.24, 2.45) is 0 Å². The monoisotopic (exact) mass is 359 g/mol. The number of hydrogen-bond acceptors (Lipinski definition) is 2. The van der Waals surface area contributed by atoms with Crippen LogP contribution in [-0.2, 0) is 0 Å². The van der Waals surface area contributed by atoms with Crippen LogP contribution < -0.4 is 5.32 Å². The van der Waals surface area contributed by atoms with E-state index in [-0.39, 0.29) is 0 Å². The Hall–Kier alpha value is -1.25. The minimum atomic E-state index is 0.716. The maximum atomic E-state index is 3.45. The second kappa shape index (κ2) is 16.2. The summed E-state index contributed by atoms with van der Waals surface area (Å²) in [7, 11) is 0. The van der Waals surface area contributed by atoms with Crippen molar-refractivity contribution in [2.75, 3.05) is 13.1 Å². The first kappa shape index (κ1) is 23.8. The first-order chi connectivity index (χ1) is 12.4. The topological polar surface area (TPSA) is 12.0 Å². The van der Waals surface area contributed by atoms with E-state index in [0.717, 1.165) is 13.1 Å². The van der Waals surface area contributed by atoms with E-state index in [1.54, 1.807) is 0 Å². The molecule has 1 aliphatic heterocycles. The Morgan fingerprint density at radius 1 is 0.720 bits per heavy atom. The first-order valence-electron chi connectivity index (χ1n) is 9.96. The highest BCUT2D eigenvalue weighted by Gasteiger charge is 2.18. The van der Waals surface area contributed by atoms with Crippen LogP contribution in [0.15, 0.2) is 64.4 Å². The van der Waals surface area contributed by atoms with Crippen molar-refractivity contribution in [1.82, 2.24) is 5.32 Å². The summed E-state index contributed by atoms with van der Waals surface area (Å²) in [6.07, 6.45) is 2.51. The van der Waals surface area contributed by atoms with Crippen molar-refractivity contribution >= 4 is 11.8 Å². The summed E-state index contributed by atoms with van der Waals surface area (Å²) in [6, 6.07) is 19.5. The van der Waals surface area contributed by atoms with Gasteiger partial charge in [0.05, 0.1) is 0 Å². The zero-order chi connectivity index (χ0) is 18.9. The molecule has 0 saturated carbocycles. The van der Waals surface area contributed by atoms with E-state index >= 15 is 0 Å². The summed E-state index contributed by atoms with van der Waals surface area (Å²) in [4.78, 5) is 2.74. The fraction of sp³-hybridized carbons (Fsp3) is 0.478.